The van der Waals surface area contributed by atoms with Gasteiger partial charge < -0.3 is 0 Å². The van der Waals surface area contributed by atoms with Crippen molar-refractivity contribution in [3.63, 3.8) is 0 Å². The van der Waals surface area contributed by atoms with Gasteiger partial charge in [-0.25, -0.2) is 0 Å². The maximum absolute atomic E-state index is 5.73. The van der Waals surface area contributed by atoms with Crippen LogP contribution in [0.15, 0.2) is 0 Å². The van der Waals surface area contributed by atoms with Gasteiger partial charge in [0, 0.05) is 5.88 Å². The van der Waals surface area contributed by atoms with E-state index in [4.69, 9.17) is 11.6 Å². The van der Waals surface area contributed by atoms with E-state index in [1.165, 1.54) is 25.7 Å². The molecular weight excluding hydrogens is 132 g/mol. The molecule has 0 aliphatic heterocycles. The first-order chi connectivity index (χ1) is 4.35. The largest absolute Gasteiger partial charge is 0.126 e. The van der Waals surface area contributed by atoms with Crippen LogP contribution in [0.2, 0.25) is 0 Å². The Balaban J connectivity index is 3.18. The smallest absolute Gasteiger partial charge is 0.0251 e. The molecule has 0 saturated carbocycles. The molecule has 0 aliphatic rings. The van der Waals surface area contributed by atoms with Gasteiger partial charge in [0.2, 0.25) is 0 Å². The van der Waals surface area contributed by atoms with E-state index in [2.05, 4.69) is 13.8 Å². The number of rotatable bonds is 5. The van der Waals surface area contributed by atoms with Gasteiger partial charge in [-0.3, -0.25) is 0 Å². The van der Waals surface area contributed by atoms with Gasteiger partial charge in [0.1, 0.15) is 0 Å². The molecule has 0 amide bonds. The first-order valence-corrected chi connectivity index (χ1v) is 4.44. The number of alkyl halides is 1. The van der Waals surface area contributed by atoms with Crippen molar-refractivity contribution < 1.29 is 0 Å². The number of halogens is 1. The Morgan fingerprint density at radius 1 is 1.11 bits per heavy atom. The first kappa shape index (κ1) is 9.29. The molecule has 0 unspecified atom stereocenters. The highest BCUT2D eigenvalue weighted by Gasteiger charge is 2.02. The van der Waals surface area contributed by atoms with Gasteiger partial charge in [0.15, 0.2) is 0 Å². The quantitative estimate of drug-likeness (QED) is 0.524. The minimum absolute atomic E-state index is 0.779. The van der Waals surface area contributed by atoms with E-state index < -0.39 is 0 Å². The summed E-state index contributed by atoms with van der Waals surface area (Å²) >= 11 is 5.73. The third-order valence-corrected chi connectivity index (χ3v) is 2.05. The van der Waals surface area contributed by atoms with Gasteiger partial charge >= 0.3 is 0 Å². The highest BCUT2D eigenvalue weighted by Crippen LogP contribution is 2.14. The van der Waals surface area contributed by atoms with Crippen LogP contribution < -0.4 is 0 Å². The molecule has 0 aromatic heterocycles. The van der Waals surface area contributed by atoms with E-state index in [-0.39, 0.29) is 0 Å². The van der Waals surface area contributed by atoms with Gasteiger partial charge in [-0.05, 0) is 18.8 Å². The second-order valence-electron chi connectivity index (χ2n) is 2.60. The first-order valence-electron chi connectivity index (χ1n) is 3.91. The van der Waals surface area contributed by atoms with Crippen molar-refractivity contribution in [1.29, 1.82) is 0 Å². The van der Waals surface area contributed by atoms with Crippen molar-refractivity contribution in [2.75, 3.05) is 5.88 Å². The van der Waals surface area contributed by atoms with Gasteiger partial charge in [0.05, 0.1) is 0 Å². The molecule has 0 radical (unpaired) electrons. The lowest BCUT2D eigenvalue weighted by Gasteiger charge is -2.09. The van der Waals surface area contributed by atoms with Crippen molar-refractivity contribution in [2.45, 2.75) is 39.5 Å². The lowest BCUT2D eigenvalue weighted by atomic mass is 10.0. The Kier molecular flexibility index (Phi) is 6.62. The zero-order chi connectivity index (χ0) is 7.11. The highest BCUT2D eigenvalue weighted by molar-refractivity contribution is 6.18. The molecule has 0 spiro atoms. The molecule has 0 rings (SSSR count). The average Bonchev–Trinajstić information content (AvgIpc) is 1.88. The monoisotopic (exact) mass is 148 g/mol. The topological polar surface area (TPSA) is 0 Å². The second-order valence-corrected chi connectivity index (χ2v) is 2.91. The zero-order valence-electron chi connectivity index (χ0n) is 6.49. The molecule has 0 fully saturated rings. The summed E-state index contributed by atoms with van der Waals surface area (Å²) in [7, 11) is 0. The Bertz CT molecular complexity index is 46.5. The van der Waals surface area contributed by atoms with Gasteiger partial charge in [-0.15, -0.1) is 11.6 Å². The normalized spacial score (nSPS) is 10.7. The Morgan fingerprint density at radius 2 is 1.56 bits per heavy atom. The molecule has 0 aromatic carbocycles. The summed E-state index contributed by atoms with van der Waals surface area (Å²) in [5, 5.41) is 0. The van der Waals surface area contributed by atoms with Crippen LogP contribution in [-0.4, -0.2) is 5.88 Å². The predicted molar refractivity (Wildman–Crippen MR) is 44.0 cm³/mol. The van der Waals surface area contributed by atoms with E-state index in [9.17, 15) is 0 Å². The molecule has 0 bridgehead atoms. The zero-order valence-corrected chi connectivity index (χ0v) is 7.25. The molecule has 1 heteroatoms. The van der Waals surface area contributed by atoms with Crippen LogP contribution in [0.4, 0.5) is 0 Å². The Morgan fingerprint density at radius 3 is 1.78 bits per heavy atom. The maximum Gasteiger partial charge on any atom is 0.0251 e. The van der Waals surface area contributed by atoms with Gasteiger partial charge in [-0.1, -0.05) is 26.7 Å². The molecule has 0 heterocycles. The molecular formula is C8H17Cl. The minimum atomic E-state index is 0.779. The second kappa shape index (κ2) is 6.41. The minimum Gasteiger partial charge on any atom is -0.126 e. The van der Waals surface area contributed by atoms with E-state index in [0.717, 1.165) is 11.8 Å². The van der Waals surface area contributed by atoms with E-state index in [0.29, 0.717) is 0 Å². The standard InChI is InChI=1S/C8H17Cl/c1-3-5-8(7-9)6-4-2/h8H,3-7H2,1-2H3. The van der Waals surface area contributed by atoms with E-state index >= 15 is 0 Å². The summed E-state index contributed by atoms with van der Waals surface area (Å²) in [4.78, 5) is 0. The SMILES string of the molecule is CCCC(CCl)CCC. The van der Waals surface area contributed by atoms with Crippen LogP contribution >= 0.6 is 11.6 Å². The van der Waals surface area contributed by atoms with Crippen LogP contribution in [-0.2, 0) is 0 Å². The molecule has 0 aromatic rings. The highest BCUT2D eigenvalue weighted by atomic mass is 35.5. The maximum atomic E-state index is 5.73. The van der Waals surface area contributed by atoms with Crippen LogP contribution in [0.3, 0.4) is 0 Å². The fourth-order valence-electron chi connectivity index (χ4n) is 1.12. The summed E-state index contributed by atoms with van der Waals surface area (Å²) in [6, 6.07) is 0. The summed E-state index contributed by atoms with van der Waals surface area (Å²) in [5.74, 6) is 1.63. The molecule has 0 nitrogen and oxygen atoms in total. The summed E-state index contributed by atoms with van der Waals surface area (Å²) < 4.78 is 0. The number of hydrogen-bond acceptors (Lipinski definition) is 0. The van der Waals surface area contributed by atoms with Crippen molar-refractivity contribution in [3.8, 4) is 0 Å². The number of hydrogen-bond donors (Lipinski definition) is 0. The summed E-state index contributed by atoms with van der Waals surface area (Å²) in [6.07, 6.45) is 5.16. The lowest BCUT2D eigenvalue weighted by Crippen LogP contribution is -2.00. The molecule has 0 saturated heterocycles. The van der Waals surface area contributed by atoms with E-state index in [1.807, 2.05) is 0 Å². The predicted octanol–water partition coefficient (Wildman–Crippen LogP) is 3.44. The van der Waals surface area contributed by atoms with E-state index in [1.54, 1.807) is 0 Å². The third-order valence-electron chi connectivity index (χ3n) is 1.61. The Hall–Kier alpha value is 0.290. The molecule has 0 atom stereocenters. The van der Waals surface area contributed by atoms with Crippen LogP contribution in [0, 0.1) is 5.92 Å². The Labute approximate surface area is 63.6 Å². The summed E-state index contributed by atoms with van der Waals surface area (Å²) in [6.45, 7) is 4.43. The van der Waals surface area contributed by atoms with Crippen LogP contribution in [0.25, 0.3) is 0 Å². The van der Waals surface area contributed by atoms with Crippen molar-refractivity contribution in [3.05, 3.63) is 0 Å². The summed E-state index contributed by atoms with van der Waals surface area (Å²) in [5.41, 5.74) is 0. The molecule has 0 aliphatic carbocycles. The fourth-order valence-corrected chi connectivity index (χ4v) is 1.42. The van der Waals surface area contributed by atoms with Crippen LogP contribution in [0.1, 0.15) is 39.5 Å². The average molecular weight is 149 g/mol. The third kappa shape index (κ3) is 4.77. The van der Waals surface area contributed by atoms with Gasteiger partial charge in [-0.2, -0.15) is 0 Å². The van der Waals surface area contributed by atoms with Crippen LogP contribution in [0.5, 0.6) is 0 Å². The lowest BCUT2D eigenvalue weighted by molar-refractivity contribution is 0.485. The van der Waals surface area contributed by atoms with Gasteiger partial charge in [0.25, 0.3) is 0 Å². The molecule has 56 valence electrons. The van der Waals surface area contributed by atoms with Crippen molar-refractivity contribution in [2.24, 2.45) is 5.92 Å². The van der Waals surface area contributed by atoms with Crippen molar-refractivity contribution in [1.82, 2.24) is 0 Å². The molecule has 0 N–H and O–H groups in total. The molecule has 9 heavy (non-hydrogen) atoms. The van der Waals surface area contributed by atoms with Crippen molar-refractivity contribution >= 4 is 11.6 Å². The fraction of sp³-hybridized carbons (Fsp3) is 1.00.